The van der Waals surface area contributed by atoms with E-state index in [1.165, 1.54) is 6.92 Å². The van der Waals surface area contributed by atoms with Gasteiger partial charge in [-0.15, -0.1) is 0 Å². The Morgan fingerprint density at radius 2 is 1.77 bits per heavy atom. The molecule has 0 radical (unpaired) electrons. The molecule has 4 aliphatic carbocycles. The highest BCUT2D eigenvalue weighted by atomic mass is 16.7. The molecule has 0 aromatic carbocycles. The number of carbonyl (C=O) groups is 1. The zero-order chi connectivity index (χ0) is 28.1. The molecule has 4 saturated carbocycles. The van der Waals surface area contributed by atoms with Gasteiger partial charge in [-0.1, -0.05) is 13.8 Å². The van der Waals surface area contributed by atoms with Gasteiger partial charge in [-0.2, -0.15) is 0 Å². The van der Waals surface area contributed by atoms with E-state index in [4.69, 9.17) is 9.47 Å². The van der Waals surface area contributed by atoms with Crippen molar-refractivity contribution >= 4 is 5.97 Å². The van der Waals surface area contributed by atoms with Crippen molar-refractivity contribution in [2.75, 3.05) is 13.1 Å². The zero-order valence-corrected chi connectivity index (χ0v) is 23.4. The molecule has 3 heterocycles. The Morgan fingerprint density at radius 1 is 1.05 bits per heavy atom. The second kappa shape index (κ2) is 7.95. The summed E-state index contributed by atoms with van der Waals surface area (Å²) in [5.74, 6) is -4.99. The first-order valence-electron chi connectivity index (χ1n) is 15.0. The van der Waals surface area contributed by atoms with Crippen molar-refractivity contribution in [2.45, 2.75) is 119 Å². The van der Waals surface area contributed by atoms with Gasteiger partial charge in [0, 0.05) is 49.2 Å². The highest BCUT2D eigenvalue weighted by Crippen LogP contribution is 2.77. The number of piperidine rings is 2. The maximum Gasteiger partial charge on any atom is 0.303 e. The van der Waals surface area contributed by atoms with Gasteiger partial charge in [0.2, 0.25) is 5.79 Å². The molecule has 4 bridgehead atoms. The Labute approximate surface area is 229 Å². The summed E-state index contributed by atoms with van der Waals surface area (Å²) in [5, 5.41) is 71.6. The Kier molecular flexibility index (Phi) is 5.51. The van der Waals surface area contributed by atoms with E-state index in [2.05, 4.69) is 11.8 Å². The summed E-state index contributed by atoms with van der Waals surface area (Å²) >= 11 is 0. The zero-order valence-electron chi connectivity index (χ0n) is 23.4. The lowest BCUT2D eigenvalue weighted by molar-refractivity contribution is -0.296. The standard InChI is InChI=1S/C29H45NO9/c1-13-5-6-19-26(4,35)21-15(12-30(19)11-13)16-10-27-23(28(16,36)24(34)22(21)33)17(32)9-18-25(27,3)8-7-20(38-14(2)31)29(18,37)39-27/h13,15-24,32-37H,5-12H2,1-4H3/t13-,15-,16-,17+,18-,19-,20-,21+,22+,23+,24-,25-,26+,27+,28-,29-/m0/s1. The number of aliphatic hydroxyl groups is 6. The normalized spacial score (nSPS) is 63.5. The molecule has 7 aliphatic rings. The van der Waals surface area contributed by atoms with Gasteiger partial charge in [0.05, 0.1) is 23.4 Å². The minimum Gasteiger partial charge on any atom is -0.457 e. The van der Waals surface area contributed by atoms with Crippen molar-refractivity contribution in [1.29, 1.82) is 0 Å². The van der Waals surface area contributed by atoms with Gasteiger partial charge in [0.15, 0.2) is 6.10 Å². The van der Waals surface area contributed by atoms with E-state index in [1.54, 1.807) is 6.92 Å². The molecule has 7 fully saturated rings. The number of nitrogens with zero attached hydrogens (tertiary/aromatic N) is 1. The largest absolute Gasteiger partial charge is 0.457 e. The number of esters is 1. The minimum atomic E-state index is -1.89. The maximum atomic E-state index is 12.6. The Balaban J connectivity index is 1.35. The molecule has 6 N–H and O–H groups in total. The number of carbonyl (C=O) groups excluding carboxylic acids is 1. The van der Waals surface area contributed by atoms with Crippen molar-refractivity contribution in [3.63, 3.8) is 0 Å². The van der Waals surface area contributed by atoms with Crippen molar-refractivity contribution < 1.29 is 44.9 Å². The van der Waals surface area contributed by atoms with E-state index in [9.17, 15) is 35.4 Å². The topological polar surface area (TPSA) is 160 Å². The third-order valence-electron chi connectivity index (χ3n) is 13.1. The predicted molar refractivity (Wildman–Crippen MR) is 136 cm³/mol. The molecule has 0 amide bonds. The summed E-state index contributed by atoms with van der Waals surface area (Å²) < 4.78 is 12.2. The van der Waals surface area contributed by atoms with Gasteiger partial charge >= 0.3 is 5.97 Å². The Bertz CT molecular complexity index is 1070. The van der Waals surface area contributed by atoms with Crippen molar-refractivity contribution in [3.05, 3.63) is 0 Å². The van der Waals surface area contributed by atoms with Crippen LogP contribution >= 0.6 is 0 Å². The smallest absolute Gasteiger partial charge is 0.303 e. The van der Waals surface area contributed by atoms with Gasteiger partial charge < -0.3 is 40.1 Å². The molecular formula is C29H45NO9. The van der Waals surface area contributed by atoms with E-state index < -0.39 is 82.1 Å². The van der Waals surface area contributed by atoms with Crippen LogP contribution in [-0.2, 0) is 14.3 Å². The van der Waals surface area contributed by atoms with Crippen LogP contribution in [0.15, 0.2) is 0 Å². The first-order valence-corrected chi connectivity index (χ1v) is 15.0. The fraction of sp³-hybridized carbons (Fsp3) is 0.966. The lowest BCUT2D eigenvalue weighted by Gasteiger charge is -2.63. The van der Waals surface area contributed by atoms with Crippen LogP contribution in [0.5, 0.6) is 0 Å². The second-order valence-electron chi connectivity index (χ2n) is 14.8. The molecule has 7 rings (SSSR count). The third kappa shape index (κ3) is 2.98. The van der Waals surface area contributed by atoms with Crippen LogP contribution in [0, 0.1) is 40.9 Å². The maximum absolute atomic E-state index is 12.6. The fourth-order valence-electron chi connectivity index (χ4n) is 11.7. The Hall–Kier alpha value is -0.850. The molecule has 16 atom stereocenters. The van der Waals surface area contributed by atoms with Crippen LogP contribution in [0.4, 0.5) is 0 Å². The summed E-state index contributed by atoms with van der Waals surface area (Å²) in [7, 11) is 0. The summed E-state index contributed by atoms with van der Waals surface area (Å²) in [6, 6.07) is -0.149. The van der Waals surface area contributed by atoms with E-state index in [0.717, 1.165) is 19.4 Å². The quantitative estimate of drug-likeness (QED) is 0.240. The van der Waals surface area contributed by atoms with Gasteiger partial charge in [-0.25, -0.2) is 0 Å². The SMILES string of the molecule is CC(=O)O[C@H]1CC[C@@]2(C)[C@@H]3C[C@@H](O)[C@H]4[C@]5(O)[C@@H](O)[C@H](O)[C@H]6[C@@H](CN7C[C@@H](C)CC[C@H]7[C@@]6(C)O)[C@@H]5C[C@@]42O[C@]13O. The minimum absolute atomic E-state index is 0.118. The fourth-order valence-corrected chi connectivity index (χ4v) is 11.7. The van der Waals surface area contributed by atoms with E-state index in [-0.39, 0.29) is 24.8 Å². The number of hydrogen-bond acceptors (Lipinski definition) is 10. The van der Waals surface area contributed by atoms with Crippen LogP contribution < -0.4 is 0 Å². The molecule has 3 aliphatic heterocycles. The van der Waals surface area contributed by atoms with Crippen LogP contribution in [0.1, 0.15) is 66.2 Å². The predicted octanol–water partition coefficient (Wildman–Crippen LogP) is -0.243. The average Bonchev–Trinajstić information content (AvgIpc) is 3.12. The highest BCUT2D eigenvalue weighted by Gasteiger charge is 2.86. The van der Waals surface area contributed by atoms with Gasteiger partial charge in [-0.05, 0) is 63.2 Å². The molecule has 1 spiro atoms. The number of fused-ring (bicyclic) bond motifs is 5. The number of ether oxygens (including phenoxy) is 2. The van der Waals surface area contributed by atoms with Crippen molar-refractivity contribution in [3.8, 4) is 0 Å². The second-order valence-corrected chi connectivity index (χ2v) is 14.8. The highest BCUT2D eigenvalue weighted by molar-refractivity contribution is 5.66. The molecular weight excluding hydrogens is 506 g/mol. The summed E-state index contributed by atoms with van der Waals surface area (Å²) in [6.07, 6.45) is -1.89. The molecule has 3 saturated heterocycles. The monoisotopic (exact) mass is 551 g/mol. The van der Waals surface area contributed by atoms with Crippen LogP contribution in [0.2, 0.25) is 0 Å². The molecule has 0 unspecified atom stereocenters. The van der Waals surface area contributed by atoms with Gasteiger partial charge in [-0.3, -0.25) is 9.69 Å². The molecule has 220 valence electrons. The summed E-state index contributed by atoms with van der Waals surface area (Å²) in [5.41, 5.74) is -5.03. The van der Waals surface area contributed by atoms with Crippen molar-refractivity contribution in [1.82, 2.24) is 4.90 Å². The van der Waals surface area contributed by atoms with E-state index >= 15 is 0 Å². The molecule has 10 heteroatoms. The summed E-state index contributed by atoms with van der Waals surface area (Å²) in [6.45, 7) is 8.65. The number of rotatable bonds is 1. The average molecular weight is 552 g/mol. The number of aliphatic hydroxyl groups excluding tert-OH is 3. The first kappa shape index (κ1) is 27.0. The third-order valence-corrected chi connectivity index (χ3v) is 13.1. The molecule has 0 aromatic rings. The van der Waals surface area contributed by atoms with Crippen LogP contribution in [-0.4, -0.2) is 108 Å². The molecule has 10 nitrogen and oxygen atoms in total. The molecule has 39 heavy (non-hydrogen) atoms. The van der Waals surface area contributed by atoms with Gasteiger partial charge in [0.1, 0.15) is 11.7 Å². The van der Waals surface area contributed by atoms with Crippen LogP contribution in [0.3, 0.4) is 0 Å². The van der Waals surface area contributed by atoms with E-state index in [0.29, 0.717) is 25.3 Å². The summed E-state index contributed by atoms with van der Waals surface area (Å²) in [4.78, 5) is 14.2. The lowest BCUT2D eigenvalue weighted by Crippen LogP contribution is -2.76. The van der Waals surface area contributed by atoms with Crippen molar-refractivity contribution in [2.24, 2.45) is 40.9 Å². The number of hydrogen-bond donors (Lipinski definition) is 6. The Morgan fingerprint density at radius 3 is 2.46 bits per heavy atom. The van der Waals surface area contributed by atoms with Crippen LogP contribution in [0.25, 0.3) is 0 Å². The van der Waals surface area contributed by atoms with E-state index in [1.807, 2.05) is 6.92 Å². The van der Waals surface area contributed by atoms with Gasteiger partial charge in [0.25, 0.3) is 0 Å². The first-order chi connectivity index (χ1) is 18.1. The lowest BCUT2D eigenvalue weighted by atomic mass is 9.49. The molecule has 0 aromatic heterocycles.